The van der Waals surface area contributed by atoms with Crippen molar-refractivity contribution in [3.63, 3.8) is 0 Å². The summed E-state index contributed by atoms with van der Waals surface area (Å²) in [6.07, 6.45) is 0.825. The van der Waals surface area contributed by atoms with Crippen molar-refractivity contribution in [2.24, 2.45) is 0 Å². The monoisotopic (exact) mass is 182 g/mol. The van der Waals surface area contributed by atoms with Gasteiger partial charge in [0.2, 0.25) is 0 Å². The lowest BCUT2D eigenvalue weighted by Gasteiger charge is -2.13. The lowest BCUT2D eigenvalue weighted by atomic mass is 9.96. The van der Waals surface area contributed by atoms with Gasteiger partial charge in [0.1, 0.15) is 17.2 Å². The molecule has 0 radical (unpaired) electrons. The van der Waals surface area contributed by atoms with Gasteiger partial charge in [-0.2, -0.15) is 0 Å². The summed E-state index contributed by atoms with van der Waals surface area (Å²) >= 11 is 0. The number of rotatable bonds is 2. The first kappa shape index (κ1) is 9.71. The molecular formula is C10H14O3. The third kappa shape index (κ3) is 1.86. The van der Waals surface area contributed by atoms with E-state index in [1.54, 1.807) is 0 Å². The van der Waals surface area contributed by atoms with Gasteiger partial charge in [0.05, 0.1) is 0 Å². The summed E-state index contributed by atoms with van der Waals surface area (Å²) in [5, 5.41) is 28.0. The van der Waals surface area contributed by atoms with Gasteiger partial charge < -0.3 is 15.3 Å². The summed E-state index contributed by atoms with van der Waals surface area (Å²) in [7, 11) is 0. The summed E-state index contributed by atoms with van der Waals surface area (Å²) in [5.41, 5.74) is 0.500. The maximum absolute atomic E-state index is 9.45. The Hall–Kier alpha value is -1.38. The minimum absolute atomic E-state index is 0.0492. The molecule has 0 aliphatic heterocycles. The lowest BCUT2D eigenvalue weighted by Crippen LogP contribution is -1.92. The van der Waals surface area contributed by atoms with Crippen LogP contribution in [0.1, 0.15) is 31.7 Å². The molecule has 0 heterocycles. The predicted molar refractivity (Wildman–Crippen MR) is 50.1 cm³/mol. The first-order valence-electron chi connectivity index (χ1n) is 4.31. The van der Waals surface area contributed by atoms with E-state index in [0.29, 0.717) is 5.56 Å². The second-order valence-corrected chi connectivity index (χ2v) is 3.21. The zero-order chi connectivity index (χ0) is 10.0. The van der Waals surface area contributed by atoms with Crippen molar-refractivity contribution in [1.82, 2.24) is 0 Å². The van der Waals surface area contributed by atoms with E-state index in [1.165, 1.54) is 12.1 Å². The number of phenolic OH excluding ortho intramolecular Hbond substituents is 3. The Bertz CT molecular complexity index is 284. The molecular weight excluding hydrogens is 168 g/mol. The second-order valence-electron chi connectivity index (χ2n) is 3.21. The molecule has 0 aromatic heterocycles. The zero-order valence-corrected chi connectivity index (χ0v) is 7.78. The normalized spacial score (nSPS) is 12.8. The molecule has 3 nitrogen and oxygen atoms in total. The predicted octanol–water partition coefficient (Wildman–Crippen LogP) is 2.32. The van der Waals surface area contributed by atoms with Crippen molar-refractivity contribution in [1.29, 1.82) is 0 Å². The fourth-order valence-electron chi connectivity index (χ4n) is 1.32. The summed E-state index contributed by atoms with van der Waals surface area (Å²) in [5.74, 6) is -0.138. The molecule has 0 fully saturated rings. The van der Waals surface area contributed by atoms with E-state index < -0.39 is 0 Å². The maximum Gasteiger partial charge on any atom is 0.126 e. The van der Waals surface area contributed by atoms with Gasteiger partial charge >= 0.3 is 0 Å². The van der Waals surface area contributed by atoms with Crippen LogP contribution in [0.5, 0.6) is 17.2 Å². The summed E-state index contributed by atoms with van der Waals surface area (Å²) < 4.78 is 0. The average Bonchev–Trinajstić information content (AvgIpc) is 2.02. The first-order valence-corrected chi connectivity index (χ1v) is 4.31. The van der Waals surface area contributed by atoms with Crippen LogP contribution in [0.4, 0.5) is 0 Å². The van der Waals surface area contributed by atoms with Gasteiger partial charge in [0.25, 0.3) is 0 Å². The highest BCUT2D eigenvalue weighted by atomic mass is 16.3. The molecule has 0 bridgehead atoms. The number of hydrogen-bond donors (Lipinski definition) is 3. The topological polar surface area (TPSA) is 60.7 Å². The maximum atomic E-state index is 9.45. The Balaban J connectivity index is 3.20. The fourth-order valence-corrected chi connectivity index (χ4v) is 1.32. The van der Waals surface area contributed by atoms with E-state index in [0.717, 1.165) is 6.42 Å². The first-order chi connectivity index (χ1) is 6.06. The lowest BCUT2D eigenvalue weighted by molar-refractivity contribution is 0.412. The number of hydrogen-bond acceptors (Lipinski definition) is 3. The van der Waals surface area contributed by atoms with Crippen LogP contribution in [0.25, 0.3) is 0 Å². The molecule has 72 valence electrons. The van der Waals surface area contributed by atoms with Crippen LogP contribution in [0.15, 0.2) is 12.1 Å². The van der Waals surface area contributed by atoms with Crippen LogP contribution in [-0.2, 0) is 0 Å². The van der Waals surface area contributed by atoms with Gasteiger partial charge in [-0.3, -0.25) is 0 Å². The molecule has 1 aromatic rings. The third-order valence-corrected chi connectivity index (χ3v) is 2.23. The molecule has 1 rings (SSSR count). The summed E-state index contributed by atoms with van der Waals surface area (Å²) in [4.78, 5) is 0. The number of benzene rings is 1. The Labute approximate surface area is 77.3 Å². The molecule has 1 aromatic carbocycles. The van der Waals surface area contributed by atoms with E-state index in [4.69, 9.17) is 5.11 Å². The van der Waals surface area contributed by atoms with Crippen molar-refractivity contribution < 1.29 is 15.3 Å². The molecule has 0 saturated carbocycles. The minimum Gasteiger partial charge on any atom is -0.508 e. The van der Waals surface area contributed by atoms with Crippen LogP contribution in [0, 0.1) is 0 Å². The standard InChI is InChI=1S/C10H14O3/c1-3-6(2)10-8(12)4-7(11)5-9(10)13/h4-6,11-13H,3H2,1-2H3. The summed E-state index contributed by atoms with van der Waals surface area (Å²) in [6.45, 7) is 3.88. The average molecular weight is 182 g/mol. The Kier molecular flexibility index (Phi) is 2.66. The van der Waals surface area contributed by atoms with Crippen LogP contribution in [-0.4, -0.2) is 15.3 Å². The van der Waals surface area contributed by atoms with Crippen LogP contribution in [0.2, 0.25) is 0 Å². The van der Waals surface area contributed by atoms with Crippen molar-refractivity contribution in [2.75, 3.05) is 0 Å². The van der Waals surface area contributed by atoms with Crippen molar-refractivity contribution in [3.05, 3.63) is 17.7 Å². The van der Waals surface area contributed by atoms with Crippen molar-refractivity contribution in [3.8, 4) is 17.2 Å². The van der Waals surface area contributed by atoms with Crippen molar-refractivity contribution in [2.45, 2.75) is 26.2 Å². The number of aromatic hydroxyl groups is 3. The molecule has 1 unspecified atom stereocenters. The molecule has 13 heavy (non-hydrogen) atoms. The molecule has 1 atom stereocenters. The number of phenols is 3. The second kappa shape index (κ2) is 3.56. The SMILES string of the molecule is CCC(C)c1c(O)cc(O)cc1O. The van der Waals surface area contributed by atoms with Gasteiger partial charge in [-0.25, -0.2) is 0 Å². The van der Waals surface area contributed by atoms with E-state index in [2.05, 4.69) is 0 Å². The minimum atomic E-state index is -0.123. The fraction of sp³-hybridized carbons (Fsp3) is 0.400. The Morgan fingerprint density at radius 3 is 2.00 bits per heavy atom. The molecule has 0 aliphatic rings. The van der Waals surface area contributed by atoms with Gasteiger partial charge in [-0.15, -0.1) is 0 Å². The Morgan fingerprint density at radius 1 is 1.15 bits per heavy atom. The highest BCUT2D eigenvalue weighted by Crippen LogP contribution is 2.38. The van der Waals surface area contributed by atoms with E-state index >= 15 is 0 Å². The van der Waals surface area contributed by atoms with Gasteiger partial charge in [-0.1, -0.05) is 13.8 Å². The zero-order valence-electron chi connectivity index (χ0n) is 7.78. The van der Waals surface area contributed by atoms with Crippen LogP contribution in [0.3, 0.4) is 0 Å². The molecule has 0 saturated heterocycles. The van der Waals surface area contributed by atoms with E-state index in [9.17, 15) is 10.2 Å². The smallest absolute Gasteiger partial charge is 0.126 e. The highest BCUT2D eigenvalue weighted by Gasteiger charge is 2.14. The highest BCUT2D eigenvalue weighted by molar-refractivity contribution is 5.50. The van der Waals surface area contributed by atoms with Gasteiger partial charge in [0.15, 0.2) is 0 Å². The van der Waals surface area contributed by atoms with Crippen molar-refractivity contribution >= 4 is 0 Å². The molecule has 0 aliphatic carbocycles. The molecule has 0 amide bonds. The van der Waals surface area contributed by atoms with Gasteiger partial charge in [0, 0.05) is 17.7 Å². The Morgan fingerprint density at radius 2 is 1.62 bits per heavy atom. The van der Waals surface area contributed by atoms with E-state index in [-0.39, 0.29) is 23.2 Å². The van der Waals surface area contributed by atoms with Crippen LogP contribution < -0.4 is 0 Å². The summed E-state index contributed by atoms with van der Waals surface area (Å²) in [6, 6.07) is 2.47. The molecule has 0 spiro atoms. The molecule has 3 heteroatoms. The quantitative estimate of drug-likeness (QED) is 0.657. The van der Waals surface area contributed by atoms with Gasteiger partial charge in [-0.05, 0) is 12.3 Å². The van der Waals surface area contributed by atoms with Crippen LogP contribution >= 0.6 is 0 Å². The molecule has 3 N–H and O–H groups in total. The third-order valence-electron chi connectivity index (χ3n) is 2.23. The largest absolute Gasteiger partial charge is 0.508 e. The van der Waals surface area contributed by atoms with E-state index in [1.807, 2.05) is 13.8 Å².